The molecule has 2 unspecified atom stereocenters. The number of likely N-dealkylation sites (N-methyl/N-ethyl adjacent to an activating group) is 1. The average molecular weight is 238 g/mol. The first kappa shape index (κ1) is 12.9. The zero-order valence-corrected chi connectivity index (χ0v) is 11.2. The largest absolute Gasteiger partial charge is 0.341 e. The van der Waals surface area contributed by atoms with E-state index in [1.165, 1.54) is 32.1 Å². The Bertz CT molecular complexity index is 263. The molecule has 2 rings (SSSR count). The molecule has 3 nitrogen and oxygen atoms in total. The zero-order valence-electron chi connectivity index (χ0n) is 11.2. The summed E-state index contributed by atoms with van der Waals surface area (Å²) in [6.45, 7) is 7.15. The lowest BCUT2D eigenvalue weighted by Crippen LogP contribution is -2.53. The van der Waals surface area contributed by atoms with Gasteiger partial charge in [-0.05, 0) is 51.0 Å². The van der Waals surface area contributed by atoms with E-state index >= 15 is 0 Å². The Morgan fingerprint density at radius 3 is 2.59 bits per heavy atom. The normalized spacial score (nSPS) is 29.8. The molecular formula is C14H26N2O. The Labute approximate surface area is 105 Å². The second-order valence-electron chi connectivity index (χ2n) is 5.73. The number of nitrogens with one attached hydrogen (secondary N) is 1. The quantitative estimate of drug-likeness (QED) is 0.812. The highest BCUT2D eigenvalue weighted by molar-refractivity contribution is 5.82. The van der Waals surface area contributed by atoms with Gasteiger partial charge in [-0.15, -0.1) is 0 Å². The predicted molar refractivity (Wildman–Crippen MR) is 69.8 cm³/mol. The van der Waals surface area contributed by atoms with E-state index in [4.69, 9.17) is 0 Å². The lowest BCUT2D eigenvalue weighted by Gasteiger charge is -2.37. The zero-order chi connectivity index (χ0) is 12.3. The highest BCUT2D eigenvalue weighted by Crippen LogP contribution is 2.27. The number of nitrogens with zero attached hydrogens (tertiary/aromatic N) is 1. The van der Waals surface area contributed by atoms with E-state index in [0.717, 1.165) is 25.6 Å². The summed E-state index contributed by atoms with van der Waals surface area (Å²) in [4.78, 5) is 14.6. The fraction of sp³-hybridized carbons (Fsp3) is 0.929. The molecule has 1 aliphatic heterocycles. The molecule has 3 heteroatoms. The topological polar surface area (TPSA) is 32.3 Å². The van der Waals surface area contributed by atoms with Crippen molar-refractivity contribution in [1.29, 1.82) is 0 Å². The molecule has 98 valence electrons. The minimum atomic E-state index is 0.0729. The first-order chi connectivity index (χ1) is 8.22. The number of hydrogen-bond acceptors (Lipinski definition) is 2. The van der Waals surface area contributed by atoms with Crippen LogP contribution in [0.1, 0.15) is 46.0 Å². The van der Waals surface area contributed by atoms with Crippen molar-refractivity contribution in [3.8, 4) is 0 Å². The van der Waals surface area contributed by atoms with E-state index < -0.39 is 0 Å². The van der Waals surface area contributed by atoms with Crippen molar-refractivity contribution in [3.63, 3.8) is 0 Å². The molecule has 1 heterocycles. The smallest absolute Gasteiger partial charge is 0.239 e. The van der Waals surface area contributed by atoms with Gasteiger partial charge in [0.15, 0.2) is 0 Å². The Balaban J connectivity index is 1.90. The first-order valence-corrected chi connectivity index (χ1v) is 7.24. The molecule has 2 fully saturated rings. The van der Waals surface area contributed by atoms with Gasteiger partial charge in [0, 0.05) is 13.1 Å². The van der Waals surface area contributed by atoms with Gasteiger partial charge in [-0.2, -0.15) is 0 Å². The summed E-state index contributed by atoms with van der Waals surface area (Å²) in [7, 11) is 0. The number of carbonyl (C=O) groups excluding carboxylic acids is 1. The lowest BCUT2D eigenvalue weighted by atomic mass is 9.84. The van der Waals surface area contributed by atoms with E-state index in [1.807, 2.05) is 0 Å². The van der Waals surface area contributed by atoms with Crippen LogP contribution in [0.4, 0.5) is 0 Å². The first-order valence-electron chi connectivity index (χ1n) is 7.24. The highest BCUT2D eigenvalue weighted by Gasteiger charge is 2.32. The van der Waals surface area contributed by atoms with E-state index in [2.05, 4.69) is 24.1 Å². The van der Waals surface area contributed by atoms with Crippen LogP contribution in [-0.4, -0.2) is 36.5 Å². The van der Waals surface area contributed by atoms with Crippen LogP contribution in [-0.2, 0) is 4.79 Å². The maximum absolute atomic E-state index is 12.5. The Morgan fingerprint density at radius 2 is 2.06 bits per heavy atom. The van der Waals surface area contributed by atoms with E-state index in [0.29, 0.717) is 11.8 Å². The Morgan fingerprint density at radius 1 is 1.29 bits per heavy atom. The highest BCUT2D eigenvalue weighted by atomic mass is 16.2. The third-order valence-electron chi connectivity index (χ3n) is 4.43. The third-order valence-corrected chi connectivity index (χ3v) is 4.43. The average Bonchev–Trinajstić information content (AvgIpc) is 2.28. The summed E-state index contributed by atoms with van der Waals surface area (Å²) in [5, 5.41) is 3.40. The molecule has 0 aromatic rings. The van der Waals surface area contributed by atoms with E-state index in [-0.39, 0.29) is 6.04 Å². The molecule has 1 aliphatic carbocycles. The molecule has 1 N–H and O–H groups in total. The lowest BCUT2D eigenvalue weighted by molar-refractivity contribution is -0.136. The van der Waals surface area contributed by atoms with Crippen molar-refractivity contribution < 1.29 is 4.79 Å². The summed E-state index contributed by atoms with van der Waals surface area (Å²) in [6.07, 6.45) is 6.38. The van der Waals surface area contributed by atoms with E-state index in [9.17, 15) is 4.79 Å². The second kappa shape index (κ2) is 5.85. The molecule has 2 aliphatic rings. The van der Waals surface area contributed by atoms with Crippen molar-refractivity contribution in [2.24, 2.45) is 11.8 Å². The number of carbonyl (C=O) groups is 1. The summed E-state index contributed by atoms with van der Waals surface area (Å²) in [5.41, 5.74) is 0. The SMILES string of the molecule is CCN(CC1CCC1)C(=O)C1NCCCC1C. The number of amides is 1. The molecule has 0 radical (unpaired) electrons. The van der Waals surface area contributed by atoms with Gasteiger partial charge in [0.1, 0.15) is 0 Å². The number of hydrogen-bond donors (Lipinski definition) is 1. The fourth-order valence-electron chi connectivity index (χ4n) is 2.94. The molecule has 0 bridgehead atoms. The maximum Gasteiger partial charge on any atom is 0.239 e. The summed E-state index contributed by atoms with van der Waals surface area (Å²) in [5.74, 6) is 1.61. The van der Waals surface area contributed by atoms with Crippen LogP contribution in [0.15, 0.2) is 0 Å². The standard InChI is InChI=1S/C14H26N2O/c1-3-16(10-12-7-4-8-12)14(17)13-11(2)6-5-9-15-13/h11-13,15H,3-10H2,1-2H3. The molecule has 17 heavy (non-hydrogen) atoms. The van der Waals surface area contributed by atoms with Crippen LogP contribution >= 0.6 is 0 Å². The van der Waals surface area contributed by atoms with Gasteiger partial charge >= 0.3 is 0 Å². The van der Waals surface area contributed by atoms with Gasteiger partial charge in [0.2, 0.25) is 5.91 Å². The maximum atomic E-state index is 12.5. The van der Waals surface area contributed by atoms with Gasteiger partial charge in [-0.25, -0.2) is 0 Å². The molecule has 0 aromatic carbocycles. The predicted octanol–water partition coefficient (Wildman–Crippen LogP) is 2.02. The summed E-state index contributed by atoms with van der Waals surface area (Å²) < 4.78 is 0. The minimum absolute atomic E-state index is 0.0729. The van der Waals surface area contributed by atoms with Crippen molar-refractivity contribution in [2.45, 2.75) is 52.0 Å². The van der Waals surface area contributed by atoms with Crippen molar-refractivity contribution in [3.05, 3.63) is 0 Å². The van der Waals surface area contributed by atoms with Crippen LogP contribution in [0, 0.1) is 11.8 Å². The molecule has 1 saturated heterocycles. The number of piperidine rings is 1. The summed E-state index contributed by atoms with van der Waals surface area (Å²) in [6, 6.07) is 0.0729. The monoisotopic (exact) mass is 238 g/mol. The Kier molecular flexibility index (Phi) is 4.43. The second-order valence-corrected chi connectivity index (χ2v) is 5.73. The van der Waals surface area contributed by atoms with Gasteiger partial charge in [-0.3, -0.25) is 4.79 Å². The van der Waals surface area contributed by atoms with Gasteiger partial charge in [0.05, 0.1) is 6.04 Å². The Hall–Kier alpha value is -0.570. The van der Waals surface area contributed by atoms with Gasteiger partial charge in [0.25, 0.3) is 0 Å². The van der Waals surface area contributed by atoms with Crippen LogP contribution in [0.25, 0.3) is 0 Å². The molecule has 1 saturated carbocycles. The summed E-state index contributed by atoms with van der Waals surface area (Å²) >= 11 is 0. The van der Waals surface area contributed by atoms with Gasteiger partial charge < -0.3 is 10.2 Å². The number of rotatable bonds is 4. The molecular weight excluding hydrogens is 212 g/mol. The molecule has 0 aromatic heterocycles. The minimum Gasteiger partial charge on any atom is -0.341 e. The van der Waals surface area contributed by atoms with E-state index in [1.54, 1.807) is 0 Å². The molecule has 2 atom stereocenters. The molecule has 0 spiro atoms. The molecule has 1 amide bonds. The van der Waals surface area contributed by atoms with Crippen molar-refractivity contribution in [2.75, 3.05) is 19.6 Å². The van der Waals surface area contributed by atoms with Crippen molar-refractivity contribution >= 4 is 5.91 Å². The van der Waals surface area contributed by atoms with Crippen LogP contribution in [0.2, 0.25) is 0 Å². The van der Waals surface area contributed by atoms with Gasteiger partial charge in [-0.1, -0.05) is 13.3 Å². The van der Waals surface area contributed by atoms with Crippen LogP contribution < -0.4 is 5.32 Å². The third kappa shape index (κ3) is 3.01. The van der Waals surface area contributed by atoms with Crippen molar-refractivity contribution in [1.82, 2.24) is 10.2 Å². The van der Waals surface area contributed by atoms with Crippen LogP contribution in [0.3, 0.4) is 0 Å². The van der Waals surface area contributed by atoms with Crippen LogP contribution in [0.5, 0.6) is 0 Å². The fourth-order valence-corrected chi connectivity index (χ4v) is 2.94.